The molecule has 0 spiro atoms. The van der Waals surface area contributed by atoms with Crippen molar-refractivity contribution in [2.45, 2.75) is 341 Å². The summed E-state index contributed by atoms with van der Waals surface area (Å²) in [6, 6.07) is -0.644. The van der Waals surface area contributed by atoms with Crippen LogP contribution in [0.4, 0.5) is 0 Å². The fourth-order valence-corrected chi connectivity index (χ4v) is 9.28. The van der Waals surface area contributed by atoms with Gasteiger partial charge in [0.15, 0.2) is 0 Å². The molecular formula is C59H115NO5. The molecule has 0 heterocycles. The molecule has 0 fully saturated rings. The van der Waals surface area contributed by atoms with Crippen molar-refractivity contribution in [2.24, 2.45) is 0 Å². The Balaban J connectivity index is 3.49. The van der Waals surface area contributed by atoms with Gasteiger partial charge >= 0.3 is 5.97 Å². The molecule has 2 unspecified atom stereocenters. The van der Waals surface area contributed by atoms with E-state index in [-0.39, 0.29) is 18.5 Å². The highest BCUT2D eigenvalue weighted by atomic mass is 16.5. The van der Waals surface area contributed by atoms with Crippen molar-refractivity contribution in [3.63, 3.8) is 0 Å². The van der Waals surface area contributed by atoms with E-state index in [9.17, 15) is 19.8 Å². The van der Waals surface area contributed by atoms with Crippen LogP contribution in [0.3, 0.4) is 0 Å². The molecule has 0 rings (SSSR count). The van der Waals surface area contributed by atoms with Crippen LogP contribution in [0.2, 0.25) is 0 Å². The zero-order valence-electron chi connectivity index (χ0n) is 44.0. The van der Waals surface area contributed by atoms with Gasteiger partial charge in [0.25, 0.3) is 0 Å². The predicted molar refractivity (Wildman–Crippen MR) is 283 cm³/mol. The Morgan fingerprint density at radius 3 is 1.05 bits per heavy atom. The van der Waals surface area contributed by atoms with Gasteiger partial charge in [-0.3, -0.25) is 9.59 Å². The molecule has 1 amide bonds. The molecule has 0 bridgehead atoms. The highest BCUT2D eigenvalue weighted by molar-refractivity contribution is 5.76. The number of unbranched alkanes of at least 4 members (excludes halogenated alkanes) is 44. The van der Waals surface area contributed by atoms with Gasteiger partial charge in [-0.05, 0) is 32.1 Å². The number of esters is 1. The fourth-order valence-electron chi connectivity index (χ4n) is 9.28. The van der Waals surface area contributed by atoms with Crippen LogP contribution in [0.15, 0.2) is 12.2 Å². The van der Waals surface area contributed by atoms with Crippen molar-refractivity contribution >= 4 is 11.9 Å². The minimum atomic E-state index is -0.859. The average molecular weight is 919 g/mol. The largest absolute Gasteiger partial charge is 0.466 e. The van der Waals surface area contributed by atoms with Crippen molar-refractivity contribution in [3.8, 4) is 0 Å². The van der Waals surface area contributed by atoms with Gasteiger partial charge in [0, 0.05) is 12.8 Å². The van der Waals surface area contributed by atoms with Crippen LogP contribution in [0, 0.1) is 0 Å². The summed E-state index contributed by atoms with van der Waals surface area (Å²) in [7, 11) is 0. The SMILES string of the molecule is CCCCCCCCCCCCCCCCCCCCCCCCC/C=C/C(O)C(CO)NC(=O)CCCCCCCCCCCCOC(=O)CCCCCCCCCCCCCCC. The smallest absolute Gasteiger partial charge is 0.305 e. The van der Waals surface area contributed by atoms with Gasteiger partial charge in [0.2, 0.25) is 5.91 Å². The quantitative estimate of drug-likeness (QED) is 0.0321. The minimum absolute atomic E-state index is 0.0182. The Bertz CT molecular complexity index is 970. The zero-order valence-corrected chi connectivity index (χ0v) is 44.0. The molecular weight excluding hydrogens is 803 g/mol. The molecule has 65 heavy (non-hydrogen) atoms. The summed E-state index contributed by atoms with van der Waals surface area (Å²) in [5.74, 6) is -0.105. The molecule has 0 radical (unpaired) electrons. The lowest BCUT2D eigenvalue weighted by atomic mass is 10.0. The van der Waals surface area contributed by atoms with Crippen molar-refractivity contribution < 1.29 is 24.5 Å². The summed E-state index contributed by atoms with van der Waals surface area (Å²) in [6.45, 7) is 4.88. The Morgan fingerprint density at radius 1 is 0.415 bits per heavy atom. The first-order chi connectivity index (χ1) is 32.0. The van der Waals surface area contributed by atoms with E-state index < -0.39 is 12.1 Å². The topological polar surface area (TPSA) is 95.9 Å². The third kappa shape index (κ3) is 51.8. The van der Waals surface area contributed by atoms with Crippen LogP contribution in [0.25, 0.3) is 0 Å². The molecule has 0 aliphatic rings. The van der Waals surface area contributed by atoms with E-state index in [1.807, 2.05) is 6.08 Å². The molecule has 0 saturated heterocycles. The lowest BCUT2D eigenvalue weighted by Gasteiger charge is -2.20. The zero-order chi connectivity index (χ0) is 47.2. The number of carbonyl (C=O) groups excluding carboxylic acids is 2. The summed E-state index contributed by atoms with van der Waals surface area (Å²) in [4.78, 5) is 24.5. The van der Waals surface area contributed by atoms with Gasteiger partial charge in [0.05, 0.1) is 25.4 Å². The van der Waals surface area contributed by atoms with E-state index in [0.717, 1.165) is 57.8 Å². The Morgan fingerprint density at radius 2 is 0.708 bits per heavy atom. The molecule has 386 valence electrons. The molecule has 0 aromatic carbocycles. The lowest BCUT2D eigenvalue weighted by molar-refractivity contribution is -0.143. The summed E-state index contributed by atoms with van der Waals surface area (Å²) >= 11 is 0. The standard InChI is InChI=1S/C59H115NO5/c1-3-5-7-9-11-13-15-17-18-19-20-21-22-23-24-25-26-27-28-30-31-35-39-43-47-51-57(62)56(55-61)60-58(63)52-48-44-40-36-33-34-38-42-46-50-54-65-59(64)53-49-45-41-37-32-29-16-14-12-10-8-6-4-2/h47,51,56-57,61-62H,3-46,48-50,52-55H2,1-2H3,(H,60,63)/b51-47+. The number of amides is 1. The first-order valence-corrected chi connectivity index (χ1v) is 29.5. The Labute approximate surface area is 406 Å². The minimum Gasteiger partial charge on any atom is -0.466 e. The first kappa shape index (κ1) is 63.6. The van der Waals surface area contributed by atoms with Crippen LogP contribution < -0.4 is 5.32 Å². The van der Waals surface area contributed by atoms with Crippen molar-refractivity contribution in [3.05, 3.63) is 12.2 Å². The van der Waals surface area contributed by atoms with Gasteiger partial charge in [-0.15, -0.1) is 0 Å². The molecule has 3 N–H and O–H groups in total. The van der Waals surface area contributed by atoms with E-state index >= 15 is 0 Å². The van der Waals surface area contributed by atoms with Crippen LogP contribution >= 0.6 is 0 Å². The van der Waals surface area contributed by atoms with Crippen LogP contribution in [-0.4, -0.2) is 47.4 Å². The second kappa shape index (κ2) is 55.2. The molecule has 2 atom stereocenters. The van der Waals surface area contributed by atoms with Gasteiger partial charge in [-0.2, -0.15) is 0 Å². The highest BCUT2D eigenvalue weighted by Crippen LogP contribution is 2.18. The van der Waals surface area contributed by atoms with Crippen LogP contribution in [0.1, 0.15) is 328 Å². The highest BCUT2D eigenvalue weighted by Gasteiger charge is 2.18. The van der Waals surface area contributed by atoms with Crippen molar-refractivity contribution in [1.29, 1.82) is 0 Å². The number of hydrogen-bond acceptors (Lipinski definition) is 5. The summed E-state index contributed by atoms with van der Waals surface area (Å²) < 4.78 is 5.46. The molecule has 0 aliphatic heterocycles. The summed E-state index contributed by atoms with van der Waals surface area (Å²) in [5.41, 5.74) is 0. The van der Waals surface area contributed by atoms with E-state index in [1.54, 1.807) is 6.08 Å². The van der Waals surface area contributed by atoms with Crippen LogP contribution in [-0.2, 0) is 14.3 Å². The first-order valence-electron chi connectivity index (χ1n) is 29.5. The van der Waals surface area contributed by atoms with Gasteiger partial charge in [0.1, 0.15) is 0 Å². The van der Waals surface area contributed by atoms with E-state index in [1.165, 1.54) is 244 Å². The van der Waals surface area contributed by atoms with Gasteiger partial charge in [-0.1, -0.05) is 296 Å². The molecule has 6 nitrogen and oxygen atoms in total. The number of aliphatic hydroxyl groups is 2. The predicted octanol–water partition coefficient (Wildman–Crippen LogP) is 18.1. The lowest BCUT2D eigenvalue weighted by Crippen LogP contribution is -2.45. The molecule has 0 aromatic heterocycles. The number of nitrogens with one attached hydrogen (secondary N) is 1. The second-order valence-corrected chi connectivity index (χ2v) is 20.3. The summed E-state index contributed by atoms with van der Waals surface area (Å²) in [5, 5.41) is 23.2. The average Bonchev–Trinajstić information content (AvgIpc) is 3.31. The molecule has 0 aromatic rings. The Kier molecular flexibility index (Phi) is 54.0. The van der Waals surface area contributed by atoms with Crippen molar-refractivity contribution in [1.82, 2.24) is 5.32 Å². The number of rotatable bonds is 55. The number of carbonyl (C=O) groups is 2. The normalized spacial score (nSPS) is 12.6. The third-order valence-electron chi connectivity index (χ3n) is 13.8. The number of ether oxygens (including phenoxy) is 1. The van der Waals surface area contributed by atoms with Crippen molar-refractivity contribution in [2.75, 3.05) is 13.2 Å². The molecule has 6 heteroatoms. The maximum Gasteiger partial charge on any atom is 0.305 e. The molecule has 0 saturated carbocycles. The number of hydrogen-bond donors (Lipinski definition) is 3. The third-order valence-corrected chi connectivity index (χ3v) is 13.8. The van der Waals surface area contributed by atoms with E-state index in [0.29, 0.717) is 19.4 Å². The number of aliphatic hydroxyl groups excluding tert-OH is 2. The number of allylic oxidation sites excluding steroid dienone is 1. The van der Waals surface area contributed by atoms with Gasteiger partial charge in [-0.25, -0.2) is 0 Å². The van der Waals surface area contributed by atoms with E-state index in [4.69, 9.17) is 4.74 Å². The molecule has 0 aliphatic carbocycles. The Hall–Kier alpha value is -1.40. The monoisotopic (exact) mass is 918 g/mol. The van der Waals surface area contributed by atoms with Crippen LogP contribution in [0.5, 0.6) is 0 Å². The van der Waals surface area contributed by atoms with E-state index in [2.05, 4.69) is 19.2 Å². The fraction of sp³-hybridized carbons (Fsp3) is 0.932. The maximum absolute atomic E-state index is 12.5. The second-order valence-electron chi connectivity index (χ2n) is 20.3. The summed E-state index contributed by atoms with van der Waals surface area (Å²) in [6.07, 6.45) is 65.2. The van der Waals surface area contributed by atoms with Gasteiger partial charge < -0.3 is 20.3 Å². The maximum atomic E-state index is 12.5.